The number of carbonyl (C=O) groups is 2. The SMILES string of the molecule is Cc1c(C#N)c(NC(=O)COC(=O)CCn2c(=O)n(C)c3ccccc32)n(C2CCCC2)c1C. The molecule has 9 nitrogen and oxygen atoms in total. The van der Waals surface area contributed by atoms with Crippen molar-refractivity contribution < 1.29 is 14.3 Å². The number of carbonyl (C=O) groups excluding carboxylic acids is 2. The van der Waals surface area contributed by atoms with E-state index in [-0.39, 0.29) is 24.7 Å². The van der Waals surface area contributed by atoms with Crippen LogP contribution >= 0.6 is 0 Å². The number of aryl methyl sites for hydroxylation is 2. The number of rotatable bonds is 7. The second-order valence-corrected chi connectivity index (χ2v) is 8.79. The number of hydrogen-bond acceptors (Lipinski definition) is 5. The monoisotopic (exact) mass is 463 g/mol. The standard InChI is InChI=1S/C25H29N5O4/c1-16-17(2)30(18-8-4-5-9-18)24(19(16)14-26)27-22(31)15-34-23(32)12-13-29-21-11-7-6-10-20(21)28(3)25(29)33/h6-7,10-11,18H,4-5,8-9,12-13,15H2,1-3H3,(H,27,31). The maximum Gasteiger partial charge on any atom is 0.328 e. The normalized spacial score (nSPS) is 13.8. The second kappa shape index (κ2) is 9.59. The zero-order valence-electron chi connectivity index (χ0n) is 19.8. The van der Waals surface area contributed by atoms with Gasteiger partial charge in [-0.25, -0.2) is 4.79 Å². The van der Waals surface area contributed by atoms with E-state index >= 15 is 0 Å². The molecule has 1 aliphatic rings. The van der Waals surface area contributed by atoms with Crippen LogP contribution in [0.15, 0.2) is 29.1 Å². The van der Waals surface area contributed by atoms with Crippen molar-refractivity contribution in [2.45, 2.75) is 58.5 Å². The smallest absolute Gasteiger partial charge is 0.328 e. The maximum atomic E-state index is 12.6. The molecule has 1 aliphatic carbocycles. The van der Waals surface area contributed by atoms with E-state index in [1.54, 1.807) is 7.05 Å². The van der Waals surface area contributed by atoms with Gasteiger partial charge in [0.25, 0.3) is 5.91 Å². The fourth-order valence-electron chi connectivity index (χ4n) is 4.87. The average Bonchev–Trinajstić information content (AvgIpc) is 3.50. The van der Waals surface area contributed by atoms with Gasteiger partial charge < -0.3 is 14.6 Å². The fourth-order valence-corrected chi connectivity index (χ4v) is 4.87. The number of benzene rings is 1. The van der Waals surface area contributed by atoms with E-state index in [1.807, 2.05) is 42.7 Å². The predicted molar refractivity (Wildman–Crippen MR) is 128 cm³/mol. The molecular weight excluding hydrogens is 434 g/mol. The van der Waals surface area contributed by atoms with Crippen LogP contribution in [-0.2, 0) is 27.9 Å². The Morgan fingerprint density at radius 2 is 1.85 bits per heavy atom. The molecule has 1 saturated carbocycles. The van der Waals surface area contributed by atoms with Crippen molar-refractivity contribution >= 4 is 28.7 Å². The van der Waals surface area contributed by atoms with Crippen molar-refractivity contribution in [1.29, 1.82) is 5.26 Å². The average molecular weight is 464 g/mol. The molecule has 2 aromatic heterocycles. The molecule has 9 heteroatoms. The molecule has 0 atom stereocenters. The summed E-state index contributed by atoms with van der Waals surface area (Å²) in [7, 11) is 1.68. The van der Waals surface area contributed by atoms with Crippen LogP contribution in [0.1, 0.15) is 55.0 Å². The third-order valence-electron chi connectivity index (χ3n) is 6.77. The lowest BCUT2D eigenvalue weighted by Gasteiger charge is -2.19. The number of nitrogens with one attached hydrogen (secondary N) is 1. The minimum absolute atomic E-state index is 0.0404. The van der Waals surface area contributed by atoms with Crippen molar-refractivity contribution in [1.82, 2.24) is 13.7 Å². The van der Waals surface area contributed by atoms with Crippen LogP contribution in [0.2, 0.25) is 0 Å². The topological polar surface area (TPSA) is 111 Å². The summed E-state index contributed by atoms with van der Waals surface area (Å²) in [6, 6.07) is 9.80. The molecule has 34 heavy (non-hydrogen) atoms. The molecule has 0 bridgehead atoms. The van der Waals surface area contributed by atoms with Gasteiger partial charge in [-0.05, 0) is 44.4 Å². The van der Waals surface area contributed by atoms with Crippen LogP contribution in [0.25, 0.3) is 11.0 Å². The van der Waals surface area contributed by atoms with Crippen LogP contribution < -0.4 is 11.0 Å². The van der Waals surface area contributed by atoms with E-state index in [0.29, 0.717) is 11.4 Å². The Labute approximate surface area is 197 Å². The largest absolute Gasteiger partial charge is 0.456 e. The first kappa shape index (κ1) is 23.4. The first-order valence-electron chi connectivity index (χ1n) is 11.5. The number of fused-ring (bicyclic) bond motifs is 1. The summed E-state index contributed by atoms with van der Waals surface area (Å²) in [4.78, 5) is 37.4. The Hall–Kier alpha value is -3.80. The molecule has 0 unspecified atom stereocenters. The summed E-state index contributed by atoms with van der Waals surface area (Å²) >= 11 is 0. The quantitative estimate of drug-likeness (QED) is 0.541. The van der Waals surface area contributed by atoms with Gasteiger partial charge in [0.05, 0.1) is 23.0 Å². The maximum absolute atomic E-state index is 12.6. The molecule has 0 saturated heterocycles. The minimum Gasteiger partial charge on any atom is -0.456 e. The molecule has 0 radical (unpaired) electrons. The number of ether oxygens (including phenoxy) is 1. The van der Waals surface area contributed by atoms with Crippen LogP contribution in [0.5, 0.6) is 0 Å². The number of nitriles is 1. The van der Waals surface area contributed by atoms with Gasteiger partial charge in [-0.1, -0.05) is 25.0 Å². The second-order valence-electron chi connectivity index (χ2n) is 8.79. The number of aromatic nitrogens is 3. The summed E-state index contributed by atoms with van der Waals surface area (Å²) in [6.07, 6.45) is 4.21. The summed E-state index contributed by atoms with van der Waals surface area (Å²) in [5.41, 5.74) is 3.57. The Morgan fingerprint density at radius 3 is 2.53 bits per heavy atom. The molecule has 1 aromatic carbocycles. The van der Waals surface area contributed by atoms with Crippen molar-refractivity contribution in [2.75, 3.05) is 11.9 Å². The van der Waals surface area contributed by atoms with E-state index in [1.165, 1.54) is 9.13 Å². The molecule has 178 valence electrons. The molecule has 0 aliphatic heterocycles. The fraction of sp³-hybridized carbons (Fsp3) is 0.440. The molecule has 1 N–H and O–H groups in total. The van der Waals surface area contributed by atoms with Crippen molar-refractivity contribution in [2.24, 2.45) is 7.05 Å². The highest BCUT2D eigenvalue weighted by Gasteiger charge is 2.27. The van der Waals surface area contributed by atoms with Gasteiger partial charge in [-0.15, -0.1) is 0 Å². The number of para-hydroxylation sites is 2. The van der Waals surface area contributed by atoms with Gasteiger partial charge in [-0.3, -0.25) is 18.7 Å². The third-order valence-corrected chi connectivity index (χ3v) is 6.77. The molecule has 1 amide bonds. The van der Waals surface area contributed by atoms with Crippen LogP contribution in [0, 0.1) is 25.2 Å². The first-order valence-corrected chi connectivity index (χ1v) is 11.5. The van der Waals surface area contributed by atoms with Crippen molar-refractivity contribution in [3.8, 4) is 6.07 Å². The lowest BCUT2D eigenvalue weighted by Crippen LogP contribution is -2.26. The summed E-state index contributed by atoms with van der Waals surface area (Å²) in [5.74, 6) is -0.592. The lowest BCUT2D eigenvalue weighted by atomic mass is 10.2. The van der Waals surface area contributed by atoms with Crippen LogP contribution in [-0.4, -0.2) is 32.2 Å². The molecule has 2 heterocycles. The van der Waals surface area contributed by atoms with Crippen molar-refractivity contribution in [3.63, 3.8) is 0 Å². The molecule has 4 rings (SSSR count). The van der Waals surface area contributed by atoms with Gasteiger partial charge in [0.1, 0.15) is 11.9 Å². The molecule has 1 fully saturated rings. The van der Waals surface area contributed by atoms with Gasteiger partial charge in [0.15, 0.2) is 6.61 Å². The Kier molecular flexibility index (Phi) is 6.59. The number of imidazole rings is 1. The highest BCUT2D eigenvalue weighted by molar-refractivity contribution is 5.93. The van der Waals surface area contributed by atoms with E-state index in [2.05, 4.69) is 11.4 Å². The number of esters is 1. The summed E-state index contributed by atoms with van der Waals surface area (Å²) in [5, 5.41) is 12.5. The molecule has 0 spiro atoms. The Morgan fingerprint density at radius 1 is 1.18 bits per heavy atom. The summed E-state index contributed by atoms with van der Waals surface area (Å²) < 4.78 is 10.3. The van der Waals surface area contributed by atoms with E-state index in [4.69, 9.17) is 4.74 Å². The number of hydrogen-bond donors (Lipinski definition) is 1. The van der Waals surface area contributed by atoms with Crippen molar-refractivity contribution in [3.05, 3.63) is 51.6 Å². The van der Waals surface area contributed by atoms with E-state index in [9.17, 15) is 19.6 Å². The van der Waals surface area contributed by atoms with Gasteiger partial charge in [-0.2, -0.15) is 5.26 Å². The Balaban J connectivity index is 1.39. The molecular formula is C25H29N5O4. The predicted octanol–water partition coefficient (Wildman–Crippen LogP) is 3.32. The zero-order chi connectivity index (χ0) is 24.4. The van der Waals surface area contributed by atoms with Gasteiger partial charge >= 0.3 is 11.7 Å². The van der Waals surface area contributed by atoms with E-state index < -0.39 is 18.5 Å². The van der Waals surface area contributed by atoms with Crippen LogP contribution in [0.3, 0.4) is 0 Å². The lowest BCUT2D eigenvalue weighted by molar-refractivity contribution is -0.147. The van der Waals surface area contributed by atoms with Gasteiger partial charge in [0.2, 0.25) is 0 Å². The first-order chi connectivity index (χ1) is 16.3. The highest BCUT2D eigenvalue weighted by atomic mass is 16.5. The van der Waals surface area contributed by atoms with Crippen LogP contribution in [0.4, 0.5) is 5.82 Å². The highest BCUT2D eigenvalue weighted by Crippen LogP contribution is 2.37. The minimum atomic E-state index is -0.575. The number of nitrogens with zero attached hydrogens (tertiary/aromatic N) is 4. The molecule has 3 aromatic rings. The Bertz CT molecular complexity index is 1350. The third kappa shape index (κ3) is 4.23. The van der Waals surface area contributed by atoms with Gasteiger partial charge in [0, 0.05) is 25.3 Å². The van der Waals surface area contributed by atoms with E-state index in [0.717, 1.165) is 48.0 Å². The zero-order valence-corrected chi connectivity index (χ0v) is 19.8. The number of amides is 1. The number of anilines is 1. The summed E-state index contributed by atoms with van der Waals surface area (Å²) in [6.45, 7) is 3.54.